The molecule has 1 heterocycles. The lowest BCUT2D eigenvalue weighted by Crippen LogP contribution is -2.29. The summed E-state index contributed by atoms with van der Waals surface area (Å²) in [7, 11) is 0. The lowest BCUT2D eigenvalue weighted by Gasteiger charge is -2.19. The summed E-state index contributed by atoms with van der Waals surface area (Å²) in [5.41, 5.74) is 1.04. The van der Waals surface area contributed by atoms with Gasteiger partial charge >= 0.3 is 0 Å². The highest BCUT2D eigenvalue weighted by molar-refractivity contribution is 5.17. The average molecular weight is 219 g/mol. The molecule has 16 heavy (non-hydrogen) atoms. The molecule has 0 spiro atoms. The second kappa shape index (κ2) is 6.02. The molecule has 1 aliphatic rings. The van der Waals surface area contributed by atoms with E-state index in [1.165, 1.54) is 25.7 Å². The molecule has 0 aliphatic carbocycles. The zero-order chi connectivity index (χ0) is 11.2. The van der Waals surface area contributed by atoms with Crippen LogP contribution >= 0.6 is 0 Å². The molecule has 2 rings (SSSR count). The number of hydrogen-bond acceptors (Lipinski definition) is 2. The average Bonchev–Trinajstić information content (AvgIpc) is 2.59. The van der Waals surface area contributed by atoms with Crippen LogP contribution in [0.5, 0.6) is 0 Å². The van der Waals surface area contributed by atoms with Gasteiger partial charge in [0.25, 0.3) is 0 Å². The van der Waals surface area contributed by atoms with Crippen LogP contribution in [0.4, 0.5) is 0 Å². The number of aliphatic hydroxyl groups is 1. The minimum absolute atomic E-state index is 0.322. The number of nitrogens with one attached hydrogen (secondary N) is 1. The zero-order valence-electron chi connectivity index (χ0n) is 9.73. The highest BCUT2D eigenvalue weighted by atomic mass is 16.3. The number of rotatable bonds is 3. The van der Waals surface area contributed by atoms with E-state index < -0.39 is 0 Å². The maximum Gasteiger partial charge on any atom is 0.0804 e. The van der Waals surface area contributed by atoms with Crippen molar-refractivity contribution in [2.75, 3.05) is 6.54 Å². The molecule has 2 atom stereocenters. The predicted molar refractivity (Wildman–Crippen MR) is 66.3 cm³/mol. The third kappa shape index (κ3) is 3.32. The molecule has 1 fully saturated rings. The fraction of sp³-hybridized carbons (Fsp3) is 0.571. The first kappa shape index (κ1) is 11.6. The maximum absolute atomic E-state index is 10.1. The van der Waals surface area contributed by atoms with E-state index in [0.29, 0.717) is 6.04 Å². The zero-order valence-corrected chi connectivity index (χ0v) is 9.73. The van der Waals surface area contributed by atoms with Gasteiger partial charge in [0, 0.05) is 6.04 Å². The van der Waals surface area contributed by atoms with Gasteiger partial charge in [0.1, 0.15) is 0 Å². The van der Waals surface area contributed by atoms with Crippen LogP contribution in [-0.4, -0.2) is 17.7 Å². The minimum atomic E-state index is -0.322. The molecule has 1 aromatic carbocycles. The lowest BCUT2D eigenvalue weighted by atomic mass is 9.99. The smallest absolute Gasteiger partial charge is 0.0804 e. The Bertz CT molecular complexity index is 291. The Labute approximate surface area is 97.7 Å². The van der Waals surface area contributed by atoms with Crippen LogP contribution in [-0.2, 0) is 0 Å². The molecule has 0 aromatic heterocycles. The van der Waals surface area contributed by atoms with Crippen molar-refractivity contribution >= 4 is 0 Å². The fourth-order valence-corrected chi connectivity index (χ4v) is 2.38. The van der Waals surface area contributed by atoms with Crippen molar-refractivity contribution in [3.8, 4) is 0 Å². The number of hydrogen-bond donors (Lipinski definition) is 2. The molecule has 2 N–H and O–H groups in total. The SMILES string of the molecule is O[C@@H](C[C@H]1CCCCCN1)c1ccccc1. The summed E-state index contributed by atoms with van der Waals surface area (Å²) in [4.78, 5) is 0. The molecular weight excluding hydrogens is 198 g/mol. The molecule has 1 aliphatic heterocycles. The van der Waals surface area contributed by atoms with E-state index in [1.807, 2.05) is 30.3 Å². The summed E-state index contributed by atoms with van der Waals surface area (Å²) < 4.78 is 0. The fourth-order valence-electron chi connectivity index (χ4n) is 2.38. The Hall–Kier alpha value is -0.860. The summed E-state index contributed by atoms with van der Waals surface area (Å²) >= 11 is 0. The van der Waals surface area contributed by atoms with Gasteiger partial charge in [0.15, 0.2) is 0 Å². The lowest BCUT2D eigenvalue weighted by molar-refractivity contribution is 0.150. The molecule has 0 unspecified atom stereocenters. The molecule has 0 bridgehead atoms. The van der Waals surface area contributed by atoms with Crippen molar-refractivity contribution in [2.24, 2.45) is 0 Å². The first-order chi connectivity index (χ1) is 7.86. The van der Waals surface area contributed by atoms with Gasteiger partial charge in [-0.3, -0.25) is 0 Å². The van der Waals surface area contributed by atoms with E-state index in [1.54, 1.807) is 0 Å². The van der Waals surface area contributed by atoms with Gasteiger partial charge in [-0.1, -0.05) is 43.2 Å². The summed E-state index contributed by atoms with van der Waals surface area (Å²) in [6.45, 7) is 1.10. The summed E-state index contributed by atoms with van der Waals surface area (Å²) in [6, 6.07) is 10.4. The van der Waals surface area contributed by atoms with E-state index in [2.05, 4.69) is 5.32 Å². The molecule has 1 saturated heterocycles. The van der Waals surface area contributed by atoms with Crippen molar-refractivity contribution in [1.82, 2.24) is 5.32 Å². The molecule has 2 nitrogen and oxygen atoms in total. The third-order valence-electron chi connectivity index (χ3n) is 3.35. The predicted octanol–water partition coefficient (Wildman–Crippen LogP) is 2.64. The van der Waals surface area contributed by atoms with Crippen LogP contribution in [0.3, 0.4) is 0 Å². The monoisotopic (exact) mass is 219 g/mol. The number of aliphatic hydroxyl groups excluding tert-OH is 1. The standard InChI is InChI=1S/C14H21NO/c16-14(12-7-3-1-4-8-12)11-13-9-5-2-6-10-15-13/h1,3-4,7-8,13-16H,2,5-6,9-11H2/t13-,14+/m1/s1. The van der Waals surface area contributed by atoms with Gasteiger partial charge in [0.2, 0.25) is 0 Å². The van der Waals surface area contributed by atoms with E-state index in [-0.39, 0.29) is 6.10 Å². The topological polar surface area (TPSA) is 32.3 Å². The van der Waals surface area contributed by atoms with Gasteiger partial charge in [-0.05, 0) is 31.4 Å². The van der Waals surface area contributed by atoms with E-state index >= 15 is 0 Å². The normalized spacial score (nSPS) is 23.7. The van der Waals surface area contributed by atoms with Gasteiger partial charge < -0.3 is 10.4 Å². The van der Waals surface area contributed by atoms with Crippen LogP contribution in [0.1, 0.15) is 43.8 Å². The van der Waals surface area contributed by atoms with Crippen LogP contribution < -0.4 is 5.32 Å². The summed E-state index contributed by atoms with van der Waals surface area (Å²) in [5.74, 6) is 0. The first-order valence-corrected chi connectivity index (χ1v) is 6.32. The minimum Gasteiger partial charge on any atom is -0.388 e. The van der Waals surface area contributed by atoms with Crippen molar-refractivity contribution in [3.63, 3.8) is 0 Å². The highest BCUT2D eigenvalue weighted by Gasteiger charge is 2.16. The van der Waals surface area contributed by atoms with Crippen LogP contribution in [0.25, 0.3) is 0 Å². The molecule has 1 aromatic rings. The molecular formula is C14H21NO. The van der Waals surface area contributed by atoms with Crippen LogP contribution in [0, 0.1) is 0 Å². The van der Waals surface area contributed by atoms with E-state index in [0.717, 1.165) is 18.5 Å². The Balaban J connectivity index is 1.88. The van der Waals surface area contributed by atoms with Crippen molar-refractivity contribution in [3.05, 3.63) is 35.9 Å². The highest BCUT2D eigenvalue weighted by Crippen LogP contribution is 2.21. The molecule has 2 heteroatoms. The van der Waals surface area contributed by atoms with E-state index in [4.69, 9.17) is 0 Å². The van der Waals surface area contributed by atoms with Crippen LogP contribution in [0.2, 0.25) is 0 Å². The first-order valence-electron chi connectivity index (χ1n) is 6.32. The number of benzene rings is 1. The second-order valence-electron chi connectivity index (χ2n) is 4.66. The van der Waals surface area contributed by atoms with Gasteiger partial charge in [0.05, 0.1) is 6.10 Å². The van der Waals surface area contributed by atoms with Crippen molar-refractivity contribution < 1.29 is 5.11 Å². The van der Waals surface area contributed by atoms with Gasteiger partial charge in [-0.2, -0.15) is 0 Å². The van der Waals surface area contributed by atoms with Crippen molar-refractivity contribution in [2.45, 2.75) is 44.2 Å². The molecule has 0 radical (unpaired) electrons. The molecule has 0 saturated carbocycles. The Morgan fingerprint density at radius 1 is 1.19 bits per heavy atom. The largest absolute Gasteiger partial charge is 0.388 e. The quantitative estimate of drug-likeness (QED) is 0.819. The van der Waals surface area contributed by atoms with Gasteiger partial charge in [-0.25, -0.2) is 0 Å². The maximum atomic E-state index is 10.1. The summed E-state index contributed by atoms with van der Waals surface area (Å²) in [6.07, 6.45) is 5.60. The van der Waals surface area contributed by atoms with Crippen LogP contribution in [0.15, 0.2) is 30.3 Å². The molecule has 88 valence electrons. The summed E-state index contributed by atoms with van der Waals surface area (Å²) in [5, 5.41) is 13.6. The van der Waals surface area contributed by atoms with Gasteiger partial charge in [-0.15, -0.1) is 0 Å². The van der Waals surface area contributed by atoms with E-state index in [9.17, 15) is 5.11 Å². The Morgan fingerprint density at radius 3 is 2.81 bits per heavy atom. The van der Waals surface area contributed by atoms with Crippen molar-refractivity contribution in [1.29, 1.82) is 0 Å². The third-order valence-corrected chi connectivity index (χ3v) is 3.35. The Morgan fingerprint density at radius 2 is 2.00 bits per heavy atom. The second-order valence-corrected chi connectivity index (χ2v) is 4.66. The Kier molecular flexibility index (Phi) is 4.37. The molecule has 0 amide bonds.